The molecule has 0 aliphatic rings. The normalized spacial score (nSPS) is 11.9. The number of Topliss-reactive ketones (excluding diaryl/α,β-unsaturated/α-hetero) is 1. The molecule has 0 amide bonds. The Morgan fingerprint density at radius 1 is 1.00 bits per heavy atom. The van der Waals surface area contributed by atoms with Gasteiger partial charge in [-0.2, -0.15) is 0 Å². The van der Waals surface area contributed by atoms with E-state index in [1.807, 2.05) is 48.5 Å². The van der Waals surface area contributed by atoms with Crippen LogP contribution >= 0.6 is 0 Å². The molecule has 0 fully saturated rings. The van der Waals surface area contributed by atoms with Crippen LogP contribution in [0.5, 0.6) is 11.5 Å². The molecule has 6 nitrogen and oxygen atoms in total. The van der Waals surface area contributed by atoms with Gasteiger partial charge >= 0.3 is 0 Å². The number of oxazole rings is 1. The zero-order valence-electron chi connectivity index (χ0n) is 16.1. The molecular formula is C22H23NO5. The summed E-state index contributed by atoms with van der Waals surface area (Å²) in [6.07, 6.45) is -0.424. The summed E-state index contributed by atoms with van der Waals surface area (Å²) < 4.78 is 16.4. The van der Waals surface area contributed by atoms with Gasteiger partial charge < -0.3 is 23.8 Å². The summed E-state index contributed by atoms with van der Waals surface area (Å²) in [5.74, 6) is 2.22. The van der Waals surface area contributed by atoms with Crippen LogP contribution in [0.1, 0.15) is 31.8 Å². The Morgan fingerprint density at radius 2 is 1.54 bits per heavy atom. The summed E-state index contributed by atoms with van der Waals surface area (Å²) in [6.45, 7) is 1.49. The van der Waals surface area contributed by atoms with Crippen LogP contribution in [0.3, 0.4) is 0 Å². The molecule has 3 rings (SSSR count). The van der Waals surface area contributed by atoms with Gasteiger partial charge in [0.2, 0.25) is 5.89 Å². The lowest BCUT2D eigenvalue weighted by molar-refractivity contribution is -0.117. The fraction of sp³-hybridized carbons (Fsp3) is 0.273. The smallest absolute Gasteiger partial charge is 0.224 e. The van der Waals surface area contributed by atoms with Crippen LogP contribution < -0.4 is 9.47 Å². The van der Waals surface area contributed by atoms with Crippen molar-refractivity contribution in [2.24, 2.45) is 0 Å². The lowest BCUT2D eigenvalue weighted by Crippen LogP contribution is -2.01. The van der Waals surface area contributed by atoms with Crippen LogP contribution in [0.15, 0.2) is 52.9 Å². The minimum absolute atomic E-state index is 0.0105. The second-order valence-corrected chi connectivity index (χ2v) is 6.44. The lowest BCUT2D eigenvalue weighted by Gasteiger charge is -2.05. The fourth-order valence-electron chi connectivity index (χ4n) is 2.83. The zero-order chi connectivity index (χ0) is 20.1. The maximum Gasteiger partial charge on any atom is 0.224 e. The molecule has 3 aromatic rings. The minimum atomic E-state index is -0.951. The molecule has 1 aromatic heterocycles. The molecule has 0 radical (unpaired) electrons. The number of hydrogen-bond acceptors (Lipinski definition) is 6. The third kappa shape index (κ3) is 4.40. The lowest BCUT2D eigenvalue weighted by atomic mass is 10.1. The molecule has 0 saturated carbocycles. The molecule has 0 spiro atoms. The molecule has 28 heavy (non-hydrogen) atoms. The number of hydrogen-bond donors (Lipinski definition) is 1. The van der Waals surface area contributed by atoms with Gasteiger partial charge in [-0.15, -0.1) is 0 Å². The Bertz CT molecular complexity index is 864. The molecule has 1 unspecified atom stereocenters. The predicted molar refractivity (Wildman–Crippen MR) is 105 cm³/mol. The number of nitrogens with zero attached hydrogens (tertiary/aromatic N) is 1. The summed E-state index contributed by atoms with van der Waals surface area (Å²) >= 11 is 0. The topological polar surface area (TPSA) is 81.8 Å². The molecule has 146 valence electrons. The van der Waals surface area contributed by atoms with Crippen LogP contribution in [0.2, 0.25) is 0 Å². The SMILES string of the molecule is COc1ccc(-c2nc(C(O)CCC(C)=O)oc2-c2ccc(OC)cc2)cc1. The third-order valence-corrected chi connectivity index (χ3v) is 4.41. The van der Waals surface area contributed by atoms with E-state index in [9.17, 15) is 9.90 Å². The van der Waals surface area contributed by atoms with Crippen LogP contribution in [0.4, 0.5) is 0 Å². The third-order valence-electron chi connectivity index (χ3n) is 4.41. The largest absolute Gasteiger partial charge is 0.497 e. The van der Waals surface area contributed by atoms with E-state index < -0.39 is 6.10 Å². The predicted octanol–water partition coefficient (Wildman–Crippen LogP) is 4.43. The van der Waals surface area contributed by atoms with E-state index in [0.29, 0.717) is 11.5 Å². The number of benzene rings is 2. The van der Waals surface area contributed by atoms with Crippen LogP contribution in [-0.2, 0) is 4.79 Å². The van der Waals surface area contributed by atoms with E-state index in [4.69, 9.17) is 13.9 Å². The van der Waals surface area contributed by atoms with Crippen molar-refractivity contribution in [3.63, 3.8) is 0 Å². The van der Waals surface area contributed by atoms with E-state index in [1.165, 1.54) is 6.92 Å². The van der Waals surface area contributed by atoms with Gasteiger partial charge in [-0.25, -0.2) is 4.98 Å². The van der Waals surface area contributed by atoms with Gasteiger partial charge in [0.15, 0.2) is 5.76 Å². The Morgan fingerprint density at radius 3 is 2.04 bits per heavy atom. The summed E-state index contributed by atoms with van der Waals surface area (Å²) in [5, 5.41) is 10.4. The second kappa shape index (κ2) is 8.71. The van der Waals surface area contributed by atoms with Crippen molar-refractivity contribution in [1.82, 2.24) is 4.98 Å². The van der Waals surface area contributed by atoms with Crippen LogP contribution in [0.25, 0.3) is 22.6 Å². The number of rotatable bonds is 8. The molecule has 1 heterocycles. The average Bonchev–Trinajstić information content (AvgIpc) is 3.17. The summed E-state index contributed by atoms with van der Waals surface area (Å²) in [4.78, 5) is 15.8. The number of carbonyl (C=O) groups is 1. The second-order valence-electron chi connectivity index (χ2n) is 6.44. The first-order chi connectivity index (χ1) is 13.5. The molecule has 1 N–H and O–H groups in total. The molecule has 1 atom stereocenters. The Labute approximate surface area is 163 Å². The number of aliphatic hydroxyl groups is 1. The fourth-order valence-corrected chi connectivity index (χ4v) is 2.83. The summed E-state index contributed by atoms with van der Waals surface area (Å²) in [7, 11) is 3.22. The van der Waals surface area contributed by atoms with E-state index in [1.54, 1.807) is 14.2 Å². The van der Waals surface area contributed by atoms with Crippen molar-refractivity contribution in [2.75, 3.05) is 14.2 Å². The Kier molecular flexibility index (Phi) is 6.11. The number of carbonyl (C=O) groups excluding carboxylic acids is 1. The molecule has 0 aliphatic carbocycles. The molecule has 0 bridgehead atoms. The van der Waals surface area contributed by atoms with Gasteiger partial charge in [0.05, 0.1) is 14.2 Å². The highest BCUT2D eigenvalue weighted by molar-refractivity contribution is 5.77. The maximum absolute atomic E-state index is 11.2. The first-order valence-electron chi connectivity index (χ1n) is 8.99. The van der Waals surface area contributed by atoms with Crippen LogP contribution in [0, 0.1) is 0 Å². The van der Waals surface area contributed by atoms with Crippen molar-refractivity contribution in [3.05, 3.63) is 54.4 Å². The Balaban J connectivity index is 2.02. The molecule has 0 aliphatic heterocycles. The van der Waals surface area contributed by atoms with E-state index >= 15 is 0 Å². The molecule has 6 heteroatoms. The van der Waals surface area contributed by atoms with Crippen molar-refractivity contribution in [3.8, 4) is 34.1 Å². The van der Waals surface area contributed by atoms with Crippen molar-refractivity contribution in [2.45, 2.75) is 25.9 Å². The number of aliphatic hydroxyl groups excluding tert-OH is 1. The van der Waals surface area contributed by atoms with Crippen molar-refractivity contribution >= 4 is 5.78 Å². The van der Waals surface area contributed by atoms with Gasteiger partial charge in [0, 0.05) is 17.5 Å². The number of ether oxygens (including phenoxy) is 2. The highest BCUT2D eigenvalue weighted by Gasteiger charge is 2.22. The molecular weight excluding hydrogens is 358 g/mol. The van der Waals surface area contributed by atoms with Gasteiger partial charge in [0.25, 0.3) is 0 Å². The highest BCUT2D eigenvalue weighted by atomic mass is 16.5. The van der Waals surface area contributed by atoms with Crippen molar-refractivity contribution < 1.29 is 23.8 Å². The number of aromatic nitrogens is 1. The van der Waals surface area contributed by atoms with Gasteiger partial charge in [0.1, 0.15) is 29.1 Å². The summed E-state index contributed by atoms with van der Waals surface area (Å²) in [5.41, 5.74) is 2.26. The zero-order valence-corrected chi connectivity index (χ0v) is 16.1. The molecule has 2 aromatic carbocycles. The monoisotopic (exact) mass is 381 g/mol. The summed E-state index contributed by atoms with van der Waals surface area (Å²) in [6, 6.07) is 14.9. The van der Waals surface area contributed by atoms with E-state index in [0.717, 1.165) is 22.6 Å². The number of methoxy groups -OCH3 is 2. The average molecular weight is 381 g/mol. The van der Waals surface area contributed by atoms with Gasteiger partial charge in [-0.3, -0.25) is 0 Å². The van der Waals surface area contributed by atoms with Gasteiger partial charge in [-0.1, -0.05) is 0 Å². The first kappa shape index (κ1) is 19.6. The van der Waals surface area contributed by atoms with Gasteiger partial charge in [-0.05, 0) is 61.9 Å². The first-order valence-corrected chi connectivity index (χ1v) is 8.99. The maximum atomic E-state index is 11.2. The Hall–Kier alpha value is -3.12. The van der Waals surface area contributed by atoms with E-state index in [2.05, 4.69) is 4.98 Å². The van der Waals surface area contributed by atoms with Crippen LogP contribution in [-0.4, -0.2) is 30.1 Å². The highest BCUT2D eigenvalue weighted by Crippen LogP contribution is 2.36. The molecule has 0 saturated heterocycles. The van der Waals surface area contributed by atoms with E-state index in [-0.39, 0.29) is 24.5 Å². The number of ketones is 1. The minimum Gasteiger partial charge on any atom is -0.497 e. The standard InChI is InChI=1S/C22H23NO5/c1-14(24)4-13-19(25)22-23-20(15-5-9-17(26-2)10-6-15)21(28-22)16-7-11-18(27-3)12-8-16/h5-12,19,25H,4,13H2,1-3H3. The quantitative estimate of drug-likeness (QED) is 0.622. The van der Waals surface area contributed by atoms with Crippen molar-refractivity contribution in [1.29, 1.82) is 0 Å².